The summed E-state index contributed by atoms with van der Waals surface area (Å²) in [5.74, 6) is -2.65. The van der Waals surface area contributed by atoms with Crippen molar-refractivity contribution in [1.82, 2.24) is 0 Å². The average molecular weight is 610 g/mol. The largest absolute Gasteiger partial charge is 1.00 e. The Bertz CT molecular complexity index is 899. The Balaban J connectivity index is -0.000000119. The van der Waals surface area contributed by atoms with E-state index in [-0.39, 0.29) is 133 Å². The van der Waals surface area contributed by atoms with Crippen LogP contribution >= 0.6 is 22.6 Å². The van der Waals surface area contributed by atoms with Gasteiger partial charge in [-0.05, 0) is 48.3 Å². The van der Waals surface area contributed by atoms with Crippen molar-refractivity contribution in [3.63, 3.8) is 0 Å². The number of nitriles is 2. The van der Waals surface area contributed by atoms with Gasteiger partial charge in [0.05, 0.1) is 16.7 Å². The molecule has 32 heavy (non-hydrogen) atoms. The predicted octanol–water partition coefficient (Wildman–Crippen LogP) is -3.10. The molecular formula is C19H15F2IK2N2O6. The van der Waals surface area contributed by atoms with Crippen molar-refractivity contribution in [3.8, 4) is 12.1 Å². The number of halogens is 3. The predicted molar refractivity (Wildman–Crippen MR) is 107 cm³/mol. The first-order valence-corrected chi connectivity index (χ1v) is 9.61. The molecule has 0 radical (unpaired) electrons. The van der Waals surface area contributed by atoms with Crippen molar-refractivity contribution < 1.29 is 143 Å². The molecule has 2 rings (SSSR count). The molecule has 13 heteroatoms. The minimum atomic E-state index is -1.17. The number of alkyl halides is 1. The Labute approximate surface area is 283 Å². The van der Waals surface area contributed by atoms with Crippen molar-refractivity contribution in [2.75, 3.05) is 4.93 Å². The van der Waals surface area contributed by atoms with E-state index in [2.05, 4.69) is 27.5 Å². The van der Waals surface area contributed by atoms with Crippen LogP contribution in [-0.2, 0) is 9.68 Å². The summed E-state index contributed by atoms with van der Waals surface area (Å²) in [6, 6.07) is 10.0. The number of aromatic carboxylic acids is 1. The summed E-state index contributed by atoms with van der Waals surface area (Å²) in [4.78, 5) is 34.4. The van der Waals surface area contributed by atoms with E-state index in [4.69, 9.17) is 25.7 Å². The fourth-order valence-corrected chi connectivity index (χ4v) is 1.57. The zero-order valence-electron chi connectivity index (χ0n) is 18.6. The quantitative estimate of drug-likeness (QED) is 0.0731. The third kappa shape index (κ3) is 16.5. The van der Waals surface area contributed by atoms with Gasteiger partial charge in [-0.1, -0.05) is 22.6 Å². The summed E-state index contributed by atoms with van der Waals surface area (Å²) in [7, 11) is 0. The second kappa shape index (κ2) is 24.0. The smallest absolute Gasteiger partial charge is 1.00 e. The Morgan fingerprint density at radius 1 is 1.03 bits per heavy atom. The average Bonchev–Trinajstić information content (AvgIpc) is 2.76. The Kier molecular flexibility index (Phi) is 29.3. The molecule has 0 aliphatic heterocycles. The minimum absolute atomic E-state index is 0. The number of carbonyl (C=O) groups excluding carboxylic acids is 2. The number of carbonyl (C=O) groups is 3. The number of carboxylic acids is 1. The molecule has 0 aromatic heterocycles. The second-order valence-electron chi connectivity index (χ2n) is 4.67. The molecule has 0 bridgehead atoms. The van der Waals surface area contributed by atoms with Crippen LogP contribution in [0.4, 0.5) is 8.78 Å². The van der Waals surface area contributed by atoms with E-state index < -0.39 is 17.6 Å². The van der Waals surface area contributed by atoms with Crippen LogP contribution in [0.1, 0.15) is 40.2 Å². The fraction of sp³-hybridized carbons (Fsp3) is 0.105. The molecule has 1 N–H and O–H groups in total. The van der Waals surface area contributed by atoms with Crippen LogP contribution in [0.3, 0.4) is 0 Å². The molecule has 0 atom stereocenters. The topological polar surface area (TPSA) is 151 Å². The maximum absolute atomic E-state index is 12.7. The van der Waals surface area contributed by atoms with Gasteiger partial charge >= 0.3 is 109 Å². The van der Waals surface area contributed by atoms with Crippen LogP contribution in [0.2, 0.25) is 0 Å². The van der Waals surface area contributed by atoms with Gasteiger partial charge in [-0.25, -0.2) is 13.6 Å². The Hall–Kier alpha value is -0.147. The first kappa shape index (κ1) is 39.1. The van der Waals surface area contributed by atoms with Crippen LogP contribution in [0, 0.1) is 34.3 Å². The van der Waals surface area contributed by atoms with Gasteiger partial charge in [0, 0.05) is 5.56 Å². The van der Waals surface area contributed by atoms with E-state index in [9.17, 15) is 18.4 Å². The molecule has 0 amide bonds. The first-order valence-electron chi connectivity index (χ1n) is 7.45. The molecule has 0 aliphatic carbocycles. The molecule has 0 aliphatic rings. The third-order valence-corrected chi connectivity index (χ3v) is 2.87. The van der Waals surface area contributed by atoms with Crippen molar-refractivity contribution in [2.24, 2.45) is 0 Å². The number of nitrogens with zero attached hydrogens (tertiary/aromatic N) is 2. The van der Waals surface area contributed by atoms with E-state index in [1.54, 1.807) is 12.1 Å². The van der Waals surface area contributed by atoms with Gasteiger partial charge < -0.3 is 16.7 Å². The molecule has 0 heterocycles. The zero-order valence-corrected chi connectivity index (χ0v) is 26.0. The number of carboxylic acid groups (broad SMARTS) is 1. The van der Waals surface area contributed by atoms with Crippen molar-refractivity contribution in [2.45, 2.75) is 6.92 Å². The summed E-state index contributed by atoms with van der Waals surface area (Å²) in [5, 5.41) is 33.7. The molecule has 0 spiro atoms. The third-order valence-electron chi connectivity index (χ3n) is 2.87. The maximum atomic E-state index is 12.7. The van der Waals surface area contributed by atoms with Crippen LogP contribution < -0.4 is 108 Å². The summed E-state index contributed by atoms with van der Waals surface area (Å²) in [6.45, 7) is 1.19. The monoisotopic (exact) mass is 610 g/mol. The zero-order chi connectivity index (χ0) is 23.7. The van der Waals surface area contributed by atoms with Crippen LogP contribution in [-0.4, -0.2) is 28.3 Å². The number of hydrogen-bond donors (Lipinski definition) is 1. The SMILES string of the molecule is CC(=O)c1ccc(F)c(C#N)c1.CI.N#Cc1cc(C(=O)O)ccc1F.O=CO[O-].[H-].[K+].[K+]. The van der Waals surface area contributed by atoms with Gasteiger partial charge in [0.25, 0.3) is 6.47 Å². The molecule has 0 fully saturated rings. The summed E-state index contributed by atoms with van der Waals surface area (Å²) < 4.78 is 25.3. The molecule has 0 saturated heterocycles. The van der Waals surface area contributed by atoms with Gasteiger partial charge in [-0.15, -0.1) is 0 Å². The Morgan fingerprint density at radius 2 is 1.38 bits per heavy atom. The van der Waals surface area contributed by atoms with Crippen LogP contribution in [0.15, 0.2) is 36.4 Å². The number of hydrogen-bond acceptors (Lipinski definition) is 7. The summed E-state index contributed by atoms with van der Waals surface area (Å²) in [5.41, 5.74) is -0.0847. The number of benzene rings is 2. The van der Waals surface area contributed by atoms with Gasteiger partial charge in [-0.3, -0.25) is 9.59 Å². The number of ketones is 1. The van der Waals surface area contributed by atoms with Gasteiger partial charge in [0.1, 0.15) is 23.8 Å². The second-order valence-corrected chi connectivity index (χ2v) is 4.67. The van der Waals surface area contributed by atoms with Gasteiger partial charge in [0.2, 0.25) is 0 Å². The molecule has 160 valence electrons. The molecular weight excluding hydrogens is 595 g/mol. The number of Topliss-reactive ketones (excluding diaryl/α,β-unsaturated/α-hetero) is 1. The van der Waals surface area contributed by atoms with E-state index in [0.29, 0.717) is 5.56 Å². The van der Waals surface area contributed by atoms with Gasteiger partial charge in [0.15, 0.2) is 5.78 Å². The maximum Gasteiger partial charge on any atom is 1.00 e. The van der Waals surface area contributed by atoms with Crippen molar-refractivity contribution in [3.05, 3.63) is 70.3 Å². The molecule has 2 aromatic carbocycles. The Morgan fingerprint density at radius 3 is 1.66 bits per heavy atom. The van der Waals surface area contributed by atoms with Crippen LogP contribution in [0.25, 0.3) is 0 Å². The normalized spacial score (nSPS) is 7.62. The van der Waals surface area contributed by atoms with E-state index in [0.717, 1.165) is 24.3 Å². The van der Waals surface area contributed by atoms with Gasteiger partial charge in [-0.2, -0.15) is 10.5 Å². The molecule has 0 unspecified atom stereocenters. The van der Waals surface area contributed by atoms with Crippen LogP contribution in [0.5, 0.6) is 0 Å². The molecule has 2 aromatic rings. The summed E-state index contributed by atoms with van der Waals surface area (Å²) in [6.07, 6.45) is 0. The van der Waals surface area contributed by atoms with E-state index >= 15 is 0 Å². The standard InChI is InChI=1S/C9H6FNO.C8H4FNO2.CH3I.CH2O3.2K.H/c1-6(12)7-2-3-9(10)8(4-7)5-11;9-7-2-1-5(8(11)12)3-6(7)4-10;1-2;2-1-4-3;;;/h2-4H,1H3;1-3H,(H,11,12);1H3;1,3H;;;/q;;;;2*+1;-1/p-1. The molecule has 8 nitrogen and oxygen atoms in total. The van der Waals surface area contributed by atoms with E-state index in [1.165, 1.54) is 19.1 Å². The first-order chi connectivity index (χ1) is 14.2. The summed E-state index contributed by atoms with van der Waals surface area (Å²) >= 11 is 2.15. The fourth-order valence-electron chi connectivity index (χ4n) is 1.57. The minimum Gasteiger partial charge on any atom is -1.00 e. The molecule has 0 saturated carbocycles. The van der Waals surface area contributed by atoms with Crippen molar-refractivity contribution >= 4 is 40.8 Å². The van der Waals surface area contributed by atoms with E-state index in [1.807, 2.05) is 4.93 Å². The number of rotatable bonds is 3. The van der Waals surface area contributed by atoms with Crippen molar-refractivity contribution in [1.29, 1.82) is 10.5 Å².